The van der Waals surface area contributed by atoms with Gasteiger partial charge in [-0.1, -0.05) is 6.07 Å². The Bertz CT molecular complexity index is 1020. The Morgan fingerprint density at radius 2 is 1.85 bits per heavy atom. The van der Waals surface area contributed by atoms with Gasteiger partial charge in [0.05, 0.1) is 11.1 Å². The van der Waals surface area contributed by atoms with Gasteiger partial charge in [0.2, 0.25) is 0 Å². The van der Waals surface area contributed by atoms with Crippen LogP contribution in [0.2, 0.25) is 0 Å². The van der Waals surface area contributed by atoms with E-state index in [1.807, 2.05) is 0 Å². The summed E-state index contributed by atoms with van der Waals surface area (Å²) in [6.45, 7) is 2.09. The van der Waals surface area contributed by atoms with Gasteiger partial charge in [-0.25, -0.2) is 0 Å². The van der Waals surface area contributed by atoms with E-state index in [9.17, 15) is 14.4 Å². The van der Waals surface area contributed by atoms with E-state index in [0.29, 0.717) is 40.5 Å². The summed E-state index contributed by atoms with van der Waals surface area (Å²) in [5, 5.41) is 5.46. The number of furan rings is 1. The molecular weight excluding hydrogens is 354 g/mol. The molecule has 0 bridgehead atoms. The number of fused-ring (bicyclic) bond motifs is 1. The van der Waals surface area contributed by atoms with Gasteiger partial charge in [0.15, 0.2) is 5.11 Å². The molecule has 4 rings (SSSR count). The summed E-state index contributed by atoms with van der Waals surface area (Å²) in [6.07, 6.45) is 1.54. The molecule has 0 aliphatic carbocycles. The number of amides is 3. The number of hydrogen-bond acceptors (Lipinski definition) is 5. The van der Waals surface area contributed by atoms with Crippen LogP contribution in [-0.4, -0.2) is 34.3 Å². The minimum atomic E-state index is -0.325. The fourth-order valence-electron chi connectivity index (χ4n) is 2.94. The lowest BCUT2D eigenvalue weighted by molar-refractivity contribution is -0.115. The monoisotopic (exact) mass is 367 g/mol. The highest BCUT2D eigenvalue weighted by atomic mass is 32.1. The lowest BCUT2D eigenvalue weighted by Crippen LogP contribution is -2.29. The van der Waals surface area contributed by atoms with Crippen molar-refractivity contribution in [2.75, 3.05) is 6.54 Å². The summed E-state index contributed by atoms with van der Waals surface area (Å²) in [7, 11) is 0. The number of carbonyl (C=O) groups is 3. The van der Waals surface area contributed by atoms with E-state index in [0.717, 1.165) is 0 Å². The third-order valence-corrected chi connectivity index (χ3v) is 4.41. The molecule has 7 nitrogen and oxygen atoms in total. The highest BCUT2D eigenvalue weighted by molar-refractivity contribution is 7.80. The van der Waals surface area contributed by atoms with Gasteiger partial charge in [-0.2, -0.15) is 0 Å². The Kier molecular flexibility index (Phi) is 3.69. The second-order valence-corrected chi connectivity index (χ2v) is 6.19. The fraction of sp³-hybridized carbons (Fsp3) is 0.111. The van der Waals surface area contributed by atoms with Gasteiger partial charge in [0.1, 0.15) is 17.2 Å². The van der Waals surface area contributed by atoms with E-state index in [2.05, 4.69) is 10.6 Å². The van der Waals surface area contributed by atoms with E-state index >= 15 is 0 Å². The first-order chi connectivity index (χ1) is 12.5. The molecular formula is C18H13N3O4S. The second kappa shape index (κ2) is 5.92. The third kappa shape index (κ3) is 2.51. The smallest absolute Gasteiger partial charge is 0.274 e. The molecule has 130 valence electrons. The quantitative estimate of drug-likeness (QED) is 0.489. The Morgan fingerprint density at radius 3 is 2.54 bits per heavy atom. The molecule has 1 aromatic carbocycles. The van der Waals surface area contributed by atoms with Crippen molar-refractivity contribution in [2.45, 2.75) is 6.92 Å². The van der Waals surface area contributed by atoms with Crippen LogP contribution in [0.4, 0.5) is 0 Å². The van der Waals surface area contributed by atoms with Crippen LogP contribution >= 0.6 is 12.2 Å². The van der Waals surface area contributed by atoms with Gasteiger partial charge >= 0.3 is 0 Å². The zero-order valence-corrected chi connectivity index (χ0v) is 14.5. The number of rotatable bonds is 3. The largest absolute Gasteiger partial charge is 0.457 e. The zero-order valence-electron chi connectivity index (χ0n) is 13.7. The summed E-state index contributed by atoms with van der Waals surface area (Å²) in [4.78, 5) is 37.4. The van der Waals surface area contributed by atoms with Crippen molar-refractivity contribution in [3.05, 3.63) is 52.9 Å². The lowest BCUT2D eigenvalue weighted by atomic mass is 10.0. The van der Waals surface area contributed by atoms with Crippen molar-refractivity contribution >= 4 is 41.1 Å². The Balaban J connectivity index is 1.66. The van der Waals surface area contributed by atoms with Crippen LogP contribution < -0.4 is 10.6 Å². The van der Waals surface area contributed by atoms with E-state index in [1.165, 1.54) is 4.90 Å². The summed E-state index contributed by atoms with van der Waals surface area (Å²) >= 11 is 4.88. The summed E-state index contributed by atoms with van der Waals surface area (Å²) in [5.41, 5.74) is 1.73. The van der Waals surface area contributed by atoms with Crippen molar-refractivity contribution in [3.8, 4) is 11.3 Å². The molecule has 1 saturated heterocycles. The molecule has 2 N–H and O–H groups in total. The number of imide groups is 1. The van der Waals surface area contributed by atoms with Crippen molar-refractivity contribution < 1.29 is 18.8 Å². The predicted octanol–water partition coefficient (Wildman–Crippen LogP) is 1.91. The third-order valence-electron chi connectivity index (χ3n) is 4.20. The summed E-state index contributed by atoms with van der Waals surface area (Å²) in [5.74, 6) is 0.0762. The number of carbonyl (C=O) groups excluding carboxylic acids is 3. The Labute approximate surface area is 153 Å². The summed E-state index contributed by atoms with van der Waals surface area (Å²) < 4.78 is 5.74. The molecule has 3 amide bonds. The van der Waals surface area contributed by atoms with Crippen molar-refractivity contribution in [3.63, 3.8) is 0 Å². The summed E-state index contributed by atoms with van der Waals surface area (Å²) in [6, 6.07) is 8.45. The lowest BCUT2D eigenvalue weighted by Gasteiger charge is -2.08. The zero-order chi connectivity index (χ0) is 18.4. The maximum atomic E-state index is 12.3. The van der Waals surface area contributed by atoms with Gasteiger partial charge < -0.3 is 9.73 Å². The van der Waals surface area contributed by atoms with E-state index in [1.54, 1.807) is 43.3 Å². The second-order valence-electron chi connectivity index (χ2n) is 5.78. The van der Waals surface area contributed by atoms with Crippen LogP contribution in [0.15, 0.2) is 40.4 Å². The topological polar surface area (TPSA) is 91.7 Å². The van der Waals surface area contributed by atoms with Crippen LogP contribution in [0, 0.1) is 0 Å². The normalized spacial score (nSPS) is 17.7. The van der Waals surface area contributed by atoms with E-state index in [4.69, 9.17) is 16.6 Å². The SMILES string of the molecule is CCN1C(=O)c2ccc(-c3ccc(/C=C4\NC(=S)NC4=O)o3)cc2C1=O. The first-order valence-corrected chi connectivity index (χ1v) is 8.33. The van der Waals surface area contributed by atoms with Crippen LogP contribution in [0.25, 0.3) is 17.4 Å². The molecule has 2 aliphatic rings. The molecule has 1 aromatic heterocycles. The molecule has 1 fully saturated rings. The van der Waals surface area contributed by atoms with Gasteiger partial charge in [0, 0.05) is 18.2 Å². The molecule has 0 radical (unpaired) electrons. The van der Waals surface area contributed by atoms with Crippen molar-refractivity contribution in [1.29, 1.82) is 0 Å². The first-order valence-electron chi connectivity index (χ1n) is 7.92. The van der Waals surface area contributed by atoms with E-state index in [-0.39, 0.29) is 22.8 Å². The predicted molar refractivity (Wildman–Crippen MR) is 97.0 cm³/mol. The maximum Gasteiger partial charge on any atom is 0.274 e. The number of nitrogens with zero attached hydrogens (tertiary/aromatic N) is 1. The number of hydrogen-bond donors (Lipinski definition) is 2. The van der Waals surface area contributed by atoms with Gasteiger partial charge in [0.25, 0.3) is 17.7 Å². The number of thiocarbonyl (C=S) groups is 1. The van der Waals surface area contributed by atoms with Gasteiger partial charge in [-0.05, 0) is 43.4 Å². The molecule has 2 aromatic rings. The Morgan fingerprint density at radius 1 is 1.08 bits per heavy atom. The highest BCUT2D eigenvalue weighted by Gasteiger charge is 2.34. The average molecular weight is 367 g/mol. The maximum absolute atomic E-state index is 12.3. The highest BCUT2D eigenvalue weighted by Crippen LogP contribution is 2.30. The molecule has 3 heterocycles. The first kappa shape index (κ1) is 16.2. The van der Waals surface area contributed by atoms with Gasteiger partial charge in [-0.15, -0.1) is 0 Å². The van der Waals surface area contributed by atoms with Crippen LogP contribution in [0.5, 0.6) is 0 Å². The standard InChI is InChI=1S/C18H13N3O4S/c1-2-21-16(23)11-5-3-9(7-12(11)17(21)24)14-6-4-10(25-14)8-13-15(22)20-18(26)19-13/h3-8H,2H2,1H3,(H2,19,20,22,26)/b13-8-. The number of nitrogens with one attached hydrogen (secondary N) is 2. The molecule has 0 spiro atoms. The molecule has 0 saturated carbocycles. The molecule has 26 heavy (non-hydrogen) atoms. The van der Waals surface area contributed by atoms with Gasteiger partial charge in [-0.3, -0.25) is 24.6 Å². The Hall–Kier alpha value is -3.26. The van der Waals surface area contributed by atoms with Crippen molar-refractivity contribution in [1.82, 2.24) is 15.5 Å². The minimum absolute atomic E-state index is 0.246. The minimum Gasteiger partial charge on any atom is -0.457 e. The molecule has 2 aliphatic heterocycles. The van der Waals surface area contributed by atoms with Crippen LogP contribution in [-0.2, 0) is 4.79 Å². The average Bonchev–Trinajstić information content (AvgIpc) is 3.27. The van der Waals surface area contributed by atoms with E-state index < -0.39 is 0 Å². The van der Waals surface area contributed by atoms with Crippen LogP contribution in [0.1, 0.15) is 33.4 Å². The molecule has 0 unspecified atom stereocenters. The van der Waals surface area contributed by atoms with Crippen molar-refractivity contribution in [2.24, 2.45) is 0 Å². The van der Waals surface area contributed by atoms with Crippen LogP contribution in [0.3, 0.4) is 0 Å². The molecule has 0 atom stereocenters. The molecule has 8 heteroatoms. The number of benzene rings is 1. The fourth-order valence-corrected chi connectivity index (χ4v) is 3.14.